The molecular weight excluding hydrogens is 290 g/mol. The first kappa shape index (κ1) is 16.7. The Labute approximate surface area is 129 Å². The van der Waals surface area contributed by atoms with E-state index in [1.54, 1.807) is 12.1 Å². The maximum Gasteiger partial charge on any atom is 0.387 e. The zero-order chi connectivity index (χ0) is 15.8. The Morgan fingerprint density at radius 1 is 1.36 bits per heavy atom. The molecule has 1 fully saturated rings. The molecule has 1 aliphatic rings. The summed E-state index contributed by atoms with van der Waals surface area (Å²) >= 11 is 0. The number of nitrogens with one attached hydrogen (secondary N) is 2. The number of carbonyl (C=O) groups is 1. The van der Waals surface area contributed by atoms with E-state index in [2.05, 4.69) is 15.4 Å². The van der Waals surface area contributed by atoms with Gasteiger partial charge in [-0.3, -0.25) is 4.79 Å². The first-order valence-corrected chi connectivity index (χ1v) is 7.64. The maximum atomic E-state index is 12.0. The van der Waals surface area contributed by atoms with Crippen LogP contribution in [0.1, 0.15) is 24.8 Å². The standard InChI is InChI=1S/C16H22F2N2O2/c17-16(18)22-14-5-3-12(4-6-14)10-15(21)20-9-7-13-2-1-8-19-11-13/h3-6,13,16,19H,1-2,7-11H2,(H,20,21). The normalized spacial score (nSPS) is 18.2. The minimum atomic E-state index is -2.83. The molecule has 1 saturated heterocycles. The number of carbonyl (C=O) groups excluding carboxylic acids is 1. The van der Waals surface area contributed by atoms with E-state index in [1.165, 1.54) is 25.0 Å². The topological polar surface area (TPSA) is 50.4 Å². The molecule has 0 aromatic heterocycles. The number of halogens is 2. The van der Waals surface area contributed by atoms with Gasteiger partial charge in [-0.1, -0.05) is 12.1 Å². The molecule has 2 rings (SSSR count). The Kier molecular flexibility index (Phi) is 6.58. The van der Waals surface area contributed by atoms with E-state index in [4.69, 9.17) is 0 Å². The summed E-state index contributed by atoms with van der Waals surface area (Å²) in [5, 5.41) is 6.26. The van der Waals surface area contributed by atoms with Gasteiger partial charge in [0.15, 0.2) is 0 Å². The fourth-order valence-electron chi connectivity index (χ4n) is 2.62. The van der Waals surface area contributed by atoms with Crippen molar-refractivity contribution in [2.24, 2.45) is 5.92 Å². The van der Waals surface area contributed by atoms with Crippen LogP contribution < -0.4 is 15.4 Å². The summed E-state index contributed by atoms with van der Waals surface area (Å²) < 4.78 is 28.3. The van der Waals surface area contributed by atoms with Crippen LogP contribution in [0.2, 0.25) is 0 Å². The summed E-state index contributed by atoms with van der Waals surface area (Å²) in [4.78, 5) is 11.8. The number of alkyl halides is 2. The smallest absolute Gasteiger partial charge is 0.387 e. The van der Waals surface area contributed by atoms with Crippen molar-refractivity contribution in [1.29, 1.82) is 0 Å². The molecule has 6 heteroatoms. The predicted octanol–water partition coefficient (Wildman–Crippen LogP) is 2.34. The monoisotopic (exact) mass is 312 g/mol. The van der Waals surface area contributed by atoms with Gasteiger partial charge in [0.05, 0.1) is 6.42 Å². The van der Waals surface area contributed by atoms with Crippen LogP contribution in [0.3, 0.4) is 0 Å². The highest BCUT2D eigenvalue weighted by molar-refractivity contribution is 5.78. The van der Waals surface area contributed by atoms with Crippen LogP contribution in [0.15, 0.2) is 24.3 Å². The molecular formula is C16H22F2N2O2. The van der Waals surface area contributed by atoms with Gasteiger partial charge in [0.1, 0.15) is 5.75 Å². The molecule has 1 aromatic rings. The highest BCUT2D eigenvalue weighted by Crippen LogP contribution is 2.15. The molecule has 0 aliphatic carbocycles. The summed E-state index contributed by atoms with van der Waals surface area (Å²) in [7, 11) is 0. The van der Waals surface area contributed by atoms with E-state index in [0.29, 0.717) is 12.5 Å². The summed E-state index contributed by atoms with van der Waals surface area (Å²) in [6, 6.07) is 6.15. The quantitative estimate of drug-likeness (QED) is 0.812. The van der Waals surface area contributed by atoms with Gasteiger partial charge in [-0.15, -0.1) is 0 Å². The van der Waals surface area contributed by atoms with Crippen molar-refractivity contribution >= 4 is 5.91 Å². The Bertz CT molecular complexity index is 460. The van der Waals surface area contributed by atoms with Gasteiger partial charge in [0.25, 0.3) is 0 Å². The molecule has 1 amide bonds. The van der Waals surface area contributed by atoms with E-state index >= 15 is 0 Å². The van der Waals surface area contributed by atoms with Crippen LogP contribution in [0.5, 0.6) is 5.75 Å². The van der Waals surface area contributed by atoms with Gasteiger partial charge in [-0.05, 0) is 56.0 Å². The second kappa shape index (κ2) is 8.68. The van der Waals surface area contributed by atoms with Gasteiger partial charge >= 0.3 is 6.61 Å². The number of piperidine rings is 1. The van der Waals surface area contributed by atoms with E-state index in [1.807, 2.05) is 0 Å². The zero-order valence-electron chi connectivity index (χ0n) is 12.5. The lowest BCUT2D eigenvalue weighted by atomic mass is 9.96. The molecule has 2 N–H and O–H groups in total. The van der Waals surface area contributed by atoms with Crippen molar-refractivity contribution < 1.29 is 18.3 Å². The highest BCUT2D eigenvalue weighted by atomic mass is 19.3. The van der Waals surface area contributed by atoms with Crippen LogP contribution in [0, 0.1) is 5.92 Å². The molecule has 4 nitrogen and oxygen atoms in total. The SMILES string of the molecule is O=C(Cc1ccc(OC(F)F)cc1)NCCC1CCCNC1. The van der Waals surface area contributed by atoms with Gasteiger partial charge in [-0.25, -0.2) is 0 Å². The van der Waals surface area contributed by atoms with Crippen LogP contribution in [0.4, 0.5) is 8.78 Å². The molecule has 1 atom stereocenters. The summed E-state index contributed by atoms with van der Waals surface area (Å²) in [5.74, 6) is 0.690. The fraction of sp³-hybridized carbons (Fsp3) is 0.562. The molecule has 22 heavy (non-hydrogen) atoms. The molecule has 0 radical (unpaired) electrons. The second-order valence-corrected chi connectivity index (χ2v) is 5.55. The first-order valence-electron chi connectivity index (χ1n) is 7.64. The molecule has 0 bridgehead atoms. The third-order valence-corrected chi connectivity index (χ3v) is 3.79. The van der Waals surface area contributed by atoms with Crippen molar-refractivity contribution in [2.45, 2.75) is 32.3 Å². The number of rotatable bonds is 7. The largest absolute Gasteiger partial charge is 0.435 e. The minimum Gasteiger partial charge on any atom is -0.435 e. The highest BCUT2D eigenvalue weighted by Gasteiger charge is 2.13. The zero-order valence-corrected chi connectivity index (χ0v) is 12.5. The molecule has 1 unspecified atom stereocenters. The summed E-state index contributed by atoms with van der Waals surface area (Å²) in [6.45, 7) is -0.0312. The van der Waals surface area contributed by atoms with Crippen LogP contribution in [0.25, 0.3) is 0 Å². The molecule has 122 valence electrons. The first-order chi connectivity index (χ1) is 10.6. The number of hydrogen-bond acceptors (Lipinski definition) is 3. The van der Waals surface area contributed by atoms with Crippen LogP contribution >= 0.6 is 0 Å². The average molecular weight is 312 g/mol. The van der Waals surface area contributed by atoms with Crippen molar-refractivity contribution in [1.82, 2.24) is 10.6 Å². The van der Waals surface area contributed by atoms with Crippen LogP contribution in [-0.4, -0.2) is 32.2 Å². The Morgan fingerprint density at radius 3 is 2.77 bits per heavy atom. The minimum absolute atomic E-state index is 0.0497. The van der Waals surface area contributed by atoms with Crippen molar-refractivity contribution in [2.75, 3.05) is 19.6 Å². The Balaban J connectivity index is 1.67. The van der Waals surface area contributed by atoms with Crippen molar-refractivity contribution in [3.63, 3.8) is 0 Å². The van der Waals surface area contributed by atoms with E-state index < -0.39 is 6.61 Å². The fourth-order valence-corrected chi connectivity index (χ4v) is 2.62. The number of ether oxygens (including phenoxy) is 1. The van der Waals surface area contributed by atoms with Gasteiger partial charge in [0, 0.05) is 6.54 Å². The van der Waals surface area contributed by atoms with Gasteiger partial charge in [-0.2, -0.15) is 8.78 Å². The van der Waals surface area contributed by atoms with Gasteiger partial charge in [0.2, 0.25) is 5.91 Å². The molecule has 1 aromatic carbocycles. The van der Waals surface area contributed by atoms with Gasteiger partial charge < -0.3 is 15.4 Å². The van der Waals surface area contributed by atoms with Crippen molar-refractivity contribution in [3.8, 4) is 5.75 Å². The summed E-state index contributed by atoms with van der Waals surface area (Å²) in [5.41, 5.74) is 0.776. The number of amides is 1. The van der Waals surface area contributed by atoms with Crippen LogP contribution in [-0.2, 0) is 11.2 Å². The third-order valence-electron chi connectivity index (χ3n) is 3.79. The van der Waals surface area contributed by atoms with E-state index in [9.17, 15) is 13.6 Å². The molecule has 0 spiro atoms. The van der Waals surface area contributed by atoms with E-state index in [-0.39, 0.29) is 18.1 Å². The molecule has 1 heterocycles. The average Bonchev–Trinajstić information content (AvgIpc) is 2.50. The maximum absolute atomic E-state index is 12.0. The lowest BCUT2D eigenvalue weighted by Gasteiger charge is -2.22. The van der Waals surface area contributed by atoms with E-state index in [0.717, 1.165) is 25.1 Å². The summed E-state index contributed by atoms with van der Waals surface area (Å²) in [6.07, 6.45) is 3.65. The lowest BCUT2D eigenvalue weighted by Crippen LogP contribution is -2.33. The lowest BCUT2D eigenvalue weighted by molar-refractivity contribution is -0.120. The third kappa shape index (κ3) is 5.97. The Hall–Kier alpha value is -1.69. The number of hydrogen-bond donors (Lipinski definition) is 2. The number of benzene rings is 1. The van der Waals surface area contributed by atoms with Crippen molar-refractivity contribution in [3.05, 3.63) is 29.8 Å². The predicted molar refractivity (Wildman–Crippen MR) is 80.0 cm³/mol. The molecule has 0 saturated carbocycles. The second-order valence-electron chi connectivity index (χ2n) is 5.55. The molecule has 1 aliphatic heterocycles. The Morgan fingerprint density at radius 2 is 2.14 bits per heavy atom.